The Morgan fingerprint density at radius 2 is 0.918 bits per heavy atom. The first-order chi connectivity index (χ1) is 34.5. The first-order valence-electron chi connectivity index (χ1n) is 28.7. The maximum absolute atomic E-state index is 2.86. The summed E-state index contributed by atoms with van der Waals surface area (Å²) in [6.07, 6.45) is 11.2. The van der Waals surface area contributed by atoms with E-state index in [2.05, 4.69) is 213 Å². The predicted molar refractivity (Wildman–Crippen MR) is 316 cm³/mol. The van der Waals surface area contributed by atoms with Crippen molar-refractivity contribution in [1.82, 2.24) is 0 Å². The van der Waals surface area contributed by atoms with Crippen LogP contribution in [0, 0.1) is 41.4 Å². The monoisotopic (exact) mass is 997 g/mol. The van der Waals surface area contributed by atoms with Crippen LogP contribution in [-0.4, -0.2) is 6.71 Å². The summed E-state index contributed by atoms with van der Waals surface area (Å²) < 4.78 is 5.81. The van der Waals surface area contributed by atoms with E-state index in [1.807, 2.05) is 0 Å². The molecule has 0 radical (unpaired) electrons. The first kappa shape index (κ1) is 46.0. The molecule has 0 saturated heterocycles. The molecule has 0 N–H and O–H groups in total. The highest BCUT2D eigenvalue weighted by molar-refractivity contribution is 7.40. The van der Waals surface area contributed by atoms with Crippen LogP contribution in [0.25, 0.3) is 20.2 Å². The molecule has 7 saturated carbocycles. The molecule has 2 nitrogen and oxygen atoms in total. The number of thiophene rings is 2. The van der Waals surface area contributed by atoms with E-state index in [1.165, 1.54) is 143 Å². The smallest absolute Gasteiger partial charge is 0.277 e. The largest absolute Gasteiger partial charge is 0.310 e. The number of fused-ring (bicyclic) bond motifs is 9. The van der Waals surface area contributed by atoms with Gasteiger partial charge in [-0.05, 0) is 225 Å². The Bertz CT molecular complexity index is 3440. The SMILES string of the molecule is CC(C)(C)c1ccc(N2c3cc(C45CC6C7CC8CC6C(C4)C(C8)C7C5)cc4c3B(c3sc5ccc(C(C)(C)C)cc5c32)c2sc3ccc(C(C)(C)C)cc3c2N4c2ccc3c(c2)C(C)(C)CCC3(C)C)cc1. The molecule has 7 aromatic rings. The second-order valence-corrected chi connectivity index (χ2v) is 32.0. The van der Waals surface area contributed by atoms with Crippen molar-refractivity contribution in [3.8, 4) is 0 Å². The Morgan fingerprint density at radius 1 is 0.479 bits per heavy atom. The van der Waals surface area contributed by atoms with Gasteiger partial charge in [-0.25, -0.2) is 0 Å². The van der Waals surface area contributed by atoms with E-state index in [1.54, 1.807) is 11.1 Å². The number of hydrogen-bond donors (Lipinski definition) is 0. The normalized spacial score (nSPS) is 28.8. The molecular formula is C68H77BN2S2. The standard InChI is InChI=1S/C68H77BN2S2/c1-63(2,3)38-14-18-42(19-15-38)70-54-31-41(68-34-49-44-26-37-27-45(49)51(36-68)46(28-37)50(44)35-68)32-55-58(54)69(61-59(70)47-29-39(64(4,5)6)16-22-56(47)72-61)62-60(48-30-40(65(7,8)9)17-23-57(48)73-62)71(55)43-20-21-52-53(33-43)67(12,13)25-24-66(52,10)11/h14-23,29-33,37,44-46,49-51H,24-28,34-36H2,1-13H3. The summed E-state index contributed by atoms with van der Waals surface area (Å²) >= 11 is 4.15. The number of nitrogens with zero attached hydrogens (tertiary/aromatic N) is 2. The molecule has 4 heterocycles. The van der Waals surface area contributed by atoms with Crippen molar-refractivity contribution < 1.29 is 0 Å². The lowest BCUT2D eigenvalue weighted by molar-refractivity contribution is -0.212. The Hall–Kier alpha value is -4.32. The topological polar surface area (TPSA) is 6.48 Å². The molecule has 0 amide bonds. The Morgan fingerprint density at radius 3 is 1.40 bits per heavy atom. The van der Waals surface area contributed by atoms with Crippen LogP contribution < -0.4 is 24.8 Å². The van der Waals surface area contributed by atoms with Gasteiger partial charge in [0.15, 0.2) is 0 Å². The highest BCUT2D eigenvalue weighted by Crippen LogP contribution is 2.75. The van der Waals surface area contributed by atoms with Crippen LogP contribution in [0.15, 0.2) is 91.0 Å². The zero-order valence-corrected chi connectivity index (χ0v) is 47.8. The maximum Gasteiger partial charge on any atom is 0.277 e. The van der Waals surface area contributed by atoms with Crippen molar-refractivity contribution in [2.75, 3.05) is 9.80 Å². The summed E-state index contributed by atoms with van der Waals surface area (Å²) in [5, 5.41) is 2.83. The Labute approximate surface area is 445 Å². The number of hydrogen-bond acceptors (Lipinski definition) is 4. The lowest BCUT2D eigenvalue weighted by Crippen LogP contribution is -2.66. The van der Waals surface area contributed by atoms with Crippen LogP contribution in [0.3, 0.4) is 0 Å². The summed E-state index contributed by atoms with van der Waals surface area (Å²) in [6.45, 7) is 31.6. The fraction of sp³-hybridized carbons (Fsp3) is 0.500. The molecule has 5 aromatic carbocycles. The van der Waals surface area contributed by atoms with Crippen LogP contribution in [0.1, 0.15) is 175 Å². The minimum atomic E-state index is 0.0245. The van der Waals surface area contributed by atoms with E-state index in [9.17, 15) is 0 Å². The molecule has 374 valence electrons. The molecule has 10 aliphatic rings. The predicted octanol–water partition coefficient (Wildman–Crippen LogP) is 17.4. The summed E-state index contributed by atoms with van der Waals surface area (Å²) in [5.74, 6) is 6.64. The van der Waals surface area contributed by atoms with Crippen molar-refractivity contribution in [1.29, 1.82) is 0 Å². The van der Waals surface area contributed by atoms with Gasteiger partial charge in [0.05, 0.1) is 11.4 Å². The number of anilines is 6. The maximum atomic E-state index is 2.86. The average molecular weight is 997 g/mol. The van der Waals surface area contributed by atoms with Gasteiger partial charge in [-0.2, -0.15) is 0 Å². The summed E-state index contributed by atoms with van der Waals surface area (Å²) in [6, 6.07) is 38.3. The molecule has 2 aliphatic heterocycles. The summed E-state index contributed by atoms with van der Waals surface area (Å²) in [7, 11) is 0. The fourth-order valence-corrected chi connectivity index (χ4v) is 20.5. The zero-order valence-electron chi connectivity index (χ0n) is 46.1. The van der Waals surface area contributed by atoms with E-state index >= 15 is 0 Å². The van der Waals surface area contributed by atoms with Crippen LogP contribution in [0.5, 0.6) is 0 Å². The first-order valence-corrected chi connectivity index (χ1v) is 30.3. The highest BCUT2D eigenvalue weighted by Gasteiger charge is 2.68. The van der Waals surface area contributed by atoms with Gasteiger partial charge in [0.25, 0.3) is 6.71 Å². The summed E-state index contributed by atoms with van der Waals surface area (Å²) in [4.78, 5) is 5.67. The summed E-state index contributed by atoms with van der Waals surface area (Å²) in [5.41, 5.74) is 19.3. The van der Waals surface area contributed by atoms with Crippen molar-refractivity contribution in [2.45, 2.75) is 174 Å². The van der Waals surface area contributed by atoms with Gasteiger partial charge in [-0.3, -0.25) is 0 Å². The number of benzene rings is 5. The lowest BCUT2D eigenvalue weighted by Gasteiger charge is -2.72. The quantitative estimate of drug-likeness (QED) is 0.163. The van der Waals surface area contributed by atoms with Crippen LogP contribution in [0.2, 0.25) is 0 Å². The zero-order chi connectivity index (χ0) is 50.4. The van der Waals surface area contributed by atoms with Gasteiger partial charge in [0.1, 0.15) is 0 Å². The minimum Gasteiger partial charge on any atom is -0.310 e. The molecule has 5 heteroatoms. The van der Waals surface area contributed by atoms with Gasteiger partial charge < -0.3 is 9.80 Å². The fourth-order valence-electron chi connectivity index (χ4n) is 17.8. The number of rotatable bonds is 3. The van der Waals surface area contributed by atoms with E-state index in [0.717, 1.165) is 41.4 Å². The average Bonchev–Trinajstić information content (AvgIpc) is 3.92. The third-order valence-corrected chi connectivity index (χ3v) is 24.1. The molecule has 73 heavy (non-hydrogen) atoms. The van der Waals surface area contributed by atoms with Crippen LogP contribution >= 0.6 is 22.7 Å². The van der Waals surface area contributed by atoms with Gasteiger partial charge in [0, 0.05) is 52.5 Å². The molecule has 0 unspecified atom stereocenters. The molecule has 8 bridgehead atoms. The minimum absolute atomic E-state index is 0.0245. The molecule has 0 atom stereocenters. The molecule has 7 fully saturated rings. The third-order valence-electron chi connectivity index (χ3n) is 21.7. The van der Waals surface area contributed by atoms with E-state index in [4.69, 9.17) is 0 Å². The van der Waals surface area contributed by atoms with Crippen LogP contribution in [0.4, 0.5) is 34.1 Å². The van der Waals surface area contributed by atoms with Crippen LogP contribution in [-0.2, 0) is 32.5 Å². The van der Waals surface area contributed by atoms with E-state index in [-0.39, 0.29) is 39.2 Å². The molecule has 8 aliphatic carbocycles. The second kappa shape index (κ2) is 14.6. The third kappa shape index (κ3) is 6.34. The Balaban J connectivity index is 1.07. The van der Waals surface area contributed by atoms with Crippen molar-refractivity contribution >= 4 is 98.7 Å². The Kier molecular flexibility index (Phi) is 9.19. The molecule has 17 rings (SSSR count). The van der Waals surface area contributed by atoms with E-state index in [0.29, 0.717) is 0 Å². The van der Waals surface area contributed by atoms with Gasteiger partial charge in [-0.1, -0.05) is 120 Å². The van der Waals surface area contributed by atoms with E-state index < -0.39 is 0 Å². The van der Waals surface area contributed by atoms with Crippen molar-refractivity contribution in [2.24, 2.45) is 41.4 Å². The molecular weight excluding hydrogens is 920 g/mol. The van der Waals surface area contributed by atoms with Gasteiger partial charge >= 0.3 is 0 Å². The van der Waals surface area contributed by atoms with Crippen molar-refractivity contribution in [3.63, 3.8) is 0 Å². The van der Waals surface area contributed by atoms with Gasteiger partial charge in [0.2, 0.25) is 0 Å². The second-order valence-electron chi connectivity index (χ2n) is 29.8. The highest BCUT2D eigenvalue weighted by atomic mass is 32.1. The molecule has 2 aromatic heterocycles. The van der Waals surface area contributed by atoms with Crippen molar-refractivity contribution in [3.05, 3.63) is 124 Å². The lowest BCUT2D eigenvalue weighted by atomic mass is 9.32. The van der Waals surface area contributed by atoms with Gasteiger partial charge in [-0.15, -0.1) is 22.7 Å². The molecule has 0 spiro atoms.